The van der Waals surface area contributed by atoms with Crippen LogP contribution >= 0.6 is 11.8 Å². The minimum Gasteiger partial charge on any atom is -0.477 e. The fourth-order valence-electron chi connectivity index (χ4n) is 1.38. The van der Waals surface area contributed by atoms with Gasteiger partial charge in [-0.1, -0.05) is 11.8 Å². The third-order valence-corrected chi connectivity index (χ3v) is 3.31. The van der Waals surface area contributed by atoms with Crippen LogP contribution in [0.2, 0.25) is 0 Å². The number of amides is 1. The fraction of sp³-hybridized carbons (Fsp3) is 0.250. The maximum Gasteiger partial charge on any atom is 0.342 e. The first-order valence-corrected chi connectivity index (χ1v) is 4.69. The zero-order chi connectivity index (χ0) is 10.3. The number of carbonyl (C=O) groups is 2. The zero-order valence-corrected chi connectivity index (χ0v) is 8.04. The summed E-state index contributed by atoms with van der Waals surface area (Å²) in [5, 5.41) is 9.34. The fourth-order valence-corrected chi connectivity index (χ4v) is 2.45. The third-order valence-electron chi connectivity index (χ3n) is 2.06. The van der Waals surface area contributed by atoms with Crippen LogP contribution in [0.4, 0.5) is 0 Å². The molecule has 14 heavy (non-hydrogen) atoms. The molecule has 5 nitrogen and oxygen atoms in total. The second kappa shape index (κ2) is 3.06. The maximum absolute atomic E-state index is 11.3. The van der Waals surface area contributed by atoms with E-state index in [0.29, 0.717) is 10.6 Å². The van der Waals surface area contributed by atoms with E-state index < -0.39 is 11.9 Å². The van der Waals surface area contributed by atoms with Crippen molar-refractivity contribution in [2.45, 2.75) is 6.92 Å². The van der Waals surface area contributed by atoms with E-state index in [4.69, 9.17) is 5.11 Å². The van der Waals surface area contributed by atoms with Gasteiger partial charge in [0.25, 0.3) is 5.91 Å². The normalized spacial score (nSPS) is 25.1. The van der Waals surface area contributed by atoms with Gasteiger partial charge in [-0.2, -0.15) is 0 Å². The van der Waals surface area contributed by atoms with Gasteiger partial charge in [-0.25, -0.2) is 14.8 Å². The number of aliphatic carboxylic acids is 1. The van der Waals surface area contributed by atoms with Gasteiger partial charge in [0.15, 0.2) is 0 Å². The first-order valence-electron chi connectivity index (χ1n) is 3.87. The van der Waals surface area contributed by atoms with Gasteiger partial charge >= 0.3 is 5.97 Å². The first kappa shape index (κ1) is 9.14. The van der Waals surface area contributed by atoms with Crippen LogP contribution < -0.4 is 0 Å². The Morgan fingerprint density at radius 3 is 2.93 bits per heavy atom. The summed E-state index contributed by atoms with van der Waals surface area (Å²) in [4.78, 5) is 29.7. The van der Waals surface area contributed by atoms with Gasteiger partial charge in [0.1, 0.15) is 12.3 Å². The number of hydrogen-bond donors (Lipinski definition) is 1. The van der Waals surface area contributed by atoms with Crippen molar-refractivity contribution in [1.29, 1.82) is 0 Å². The molecule has 0 fully saturated rings. The summed E-state index contributed by atoms with van der Waals surface area (Å²) >= 11 is 1.03. The molecule has 1 unspecified atom stereocenters. The highest BCUT2D eigenvalue weighted by atomic mass is 32.2. The Morgan fingerprint density at radius 2 is 2.36 bits per heavy atom. The van der Waals surface area contributed by atoms with E-state index in [1.807, 2.05) is 0 Å². The summed E-state index contributed by atoms with van der Waals surface area (Å²) in [6, 6.07) is 0. The number of rotatable bonds is 1. The number of carbonyl (C=O) groups excluding carboxylic acids is 1. The molecule has 0 aliphatic carbocycles. The minimum absolute atomic E-state index is 0.188. The zero-order valence-electron chi connectivity index (χ0n) is 7.22. The van der Waals surface area contributed by atoms with Gasteiger partial charge in [-0.15, -0.1) is 0 Å². The van der Waals surface area contributed by atoms with Gasteiger partial charge < -0.3 is 5.11 Å². The molecule has 2 heterocycles. The summed E-state index contributed by atoms with van der Waals surface area (Å²) in [6.45, 7) is 1.63. The molecule has 0 radical (unpaired) electrons. The molecule has 0 aromatic carbocycles. The molecule has 0 spiro atoms. The van der Waals surface area contributed by atoms with Crippen LogP contribution in [0.25, 0.3) is 0 Å². The molecular formula is C8H6N2O3S. The molecule has 0 bridgehead atoms. The Kier molecular flexibility index (Phi) is 1.99. The average molecular weight is 210 g/mol. The summed E-state index contributed by atoms with van der Waals surface area (Å²) in [5.74, 6) is -1.91. The van der Waals surface area contributed by atoms with E-state index in [1.165, 1.54) is 6.34 Å². The molecule has 2 rings (SSSR count). The number of aliphatic imine (C=N–C) groups is 2. The Morgan fingerprint density at radius 1 is 1.64 bits per heavy atom. The Hall–Kier alpha value is -1.43. The first-order chi connectivity index (χ1) is 6.61. The second-order valence-electron chi connectivity index (χ2n) is 2.90. The molecule has 1 atom stereocenters. The second-order valence-corrected chi connectivity index (χ2v) is 3.93. The van der Waals surface area contributed by atoms with Crippen molar-refractivity contribution in [3.05, 3.63) is 10.5 Å². The predicted octanol–water partition coefficient (Wildman–Crippen LogP) is 0.675. The molecule has 0 aromatic heterocycles. The molecule has 0 saturated heterocycles. The summed E-state index contributed by atoms with van der Waals surface area (Å²) < 4.78 is 0. The van der Waals surface area contributed by atoms with E-state index >= 15 is 0 Å². The number of fused-ring (bicyclic) bond motifs is 1. The predicted molar refractivity (Wildman–Crippen MR) is 52.4 cm³/mol. The molecule has 1 amide bonds. The van der Waals surface area contributed by atoms with Crippen LogP contribution in [0.1, 0.15) is 6.92 Å². The quantitative estimate of drug-likeness (QED) is 0.690. The van der Waals surface area contributed by atoms with Gasteiger partial charge in [0.2, 0.25) is 0 Å². The molecule has 6 heteroatoms. The number of hydrogen-bond acceptors (Lipinski definition) is 4. The Labute approximate surface area is 83.6 Å². The lowest BCUT2D eigenvalue weighted by Gasteiger charge is -2.09. The van der Waals surface area contributed by atoms with Crippen molar-refractivity contribution in [1.82, 2.24) is 0 Å². The van der Waals surface area contributed by atoms with E-state index in [9.17, 15) is 9.59 Å². The lowest BCUT2D eigenvalue weighted by Crippen LogP contribution is -2.21. The van der Waals surface area contributed by atoms with E-state index in [0.717, 1.165) is 11.8 Å². The van der Waals surface area contributed by atoms with Gasteiger partial charge in [0, 0.05) is 0 Å². The standard InChI is InChI=1S/C8H6N2O3S/c1-3-4-6(11)9-2-10-7(4)14-5(3)8(12)13/h2,4H,1H3,(H,12,13). The molecule has 0 aromatic rings. The largest absolute Gasteiger partial charge is 0.477 e. The number of thioether (sulfide) groups is 1. The summed E-state index contributed by atoms with van der Waals surface area (Å²) in [5.41, 5.74) is 0.531. The number of nitrogens with zero attached hydrogens (tertiary/aromatic N) is 2. The van der Waals surface area contributed by atoms with Crippen LogP contribution in [0, 0.1) is 5.92 Å². The highest BCUT2D eigenvalue weighted by molar-refractivity contribution is 8.18. The number of carboxylic acid groups (broad SMARTS) is 1. The lowest BCUT2D eigenvalue weighted by molar-refractivity contribution is -0.131. The smallest absolute Gasteiger partial charge is 0.342 e. The van der Waals surface area contributed by atoms with Crippen molar-refractivity contribution in [3.8, 4) is 0 Å². The van der Waals surface area contributed by atoms with E-state index in [2.05, 4.69) is 9.98 Å². The SMILES string of the molecule is CC1=C(C(=O)O)SC2=NC=NC(=O)C21. The summed E-state index contributed by atoms with van der Waals surface area (Å²) in [6.07, 6.45) is 1.17. The molecule has 2 aliphatic heterocycles. The molecule has 72 valence electrons. The van der Waals surface area contributed by atoms with Crippen LogP contribution in [0.15, 0.2) is 20.5 Å². The third kappa shape index (κ3) is 1.19. The Bertz CT molecular complexity index is 422. The van der Waals surface area contributed by atoms with Crippen LogP contribution in [-0.4, -0.2) is 28.4 Å². The Balaban J connectivity index is 2.45. The highest BCUT2D eigenvalue weighted by Crippen LogP contribution is 2.39. The van der Waals surface area contributed by atoms with Gasteiger partial charge in [0.05, 0.1) is 9.95 Å². The molecule has 0 saturated carbocycles. The van der Waals surface area contributed by atoms with Crippen LogP contribution in [-0.2, 0) is 9.59 Å². The molecule has 2 aliphatic rings. The van der Waals surface area contributed by atoms with Crippen LogP contribution in [0.5, 0.6) is 0 Å². The van der Waals surface area contributed by atoms with Crippen molar-refractivity contribution in [2.24, 2.45) is 15.9 Å². The average Bonchev–Trinajstić information content (AvgIpc) is 2.45. The van der Waals surface area contributed by atoms with Crippen molar-refractivity contribution < 1.29 is 14.7 Å². The van der Waals surface area contributed by atoms with Gasteiger partial charge in [-0.05, 0) is 12.5 Å². The summed E-state index contributed by atoms with van der Waals surface area (Å²) in [7, 11) is 0. The van der Waals surface area contributed by atoms with Crippen LogP contribution in [0.3, 0.4) is 0 Å². The van der Waals surface area contributed by atoms with Crippen molar-refractivity contribution in [2.75, 3.05) is 0 Å². The van der Waals surface area contributed by atoms with Crippen molar-refractivity contribution in [3.63, 3.8) is 0 Å². The molecular weight excluding hydrogens is 204 g/mol. The van der Waals surface area contributed by atoms with Gasteiger partial charge in [-0.3, -0.25) is 4.79 Å². The number of carboxylic acids is 1. The van der Waals surface area contributed by atoms with Crippen molar-refractivity contribution >= 4 is 35.0 Å². The minimum atomic E-state index is -1.02. The topological polar surface area (TPSA) is 79.1 Å². The van der Waals surface area contributed by atoms with E-state index in [-0.39, 0.29) is 10.8 Å². The monoisotopic (exact) mass is 210 g/mol. The van der Waals surface area contributed by atoms with E-state index in [1.54, 1.807) is 6.92 Å². The lowest BCUT2D eigenvalue weighted by atomic mass is 10.0. The maximum atomic E-state index is 11.3. The highest BCUT2D eigenvalue weighted by Gasteiger charge is 2.38. The molecule has 1 N–H and O–H groups in total.